The highest BCUT2D eigenvalue weighted by molar-refractivity contribution is 9.12. The van der Waals surface area contributed by atoms with E-state index in [0.29, 0.717) is 16.5 Å². The molecule has 1 atom stereocenters. The van der Waals surface area contributed by atoms with E-state index < -0.39 is 6.10 Å². The van der Waals surface area contributed by atoms with Crippen LogP contribution in [-0.2, 0) is 6.42 Å². The molecule has 18 heavy (non-hydrogen) atoms. The third kappa shape index (κ3) is 3.50. The fourth-order valence-electron chi connectivity index (χ4n) is 1.59. The second kappa shape index (κ2) is 6.25. The highest BCUT2D eigenvalue weighted by Gasteiger charge is 2.16. The first-order valence-electron chi connectivity index (χ1n) is 5.04. The third-order valence-electron chi connectivity index (χ3n) is 2.47. The van der Waals surface area contributed by atoms with E-state index in [-0.39, 0.29) is 0 Å². The van der Waals surface area contributed by atoms with Crippen molar-refractivity contribution in [2.75, 3.05) is 0 Å². The van der Waals surface area contributed by atoms with Crippen molar-refractivity contribution >= 4 is 66.4 Å². The van der Waals surface area contributed by atoms with Crippen LogP contribution in [0.4, 0.5) is 0 Å². The smallest absolute Gasteiger partial charge is 0.0850 e. The minimum Gasteiger partial charge on any atom is -0.388 e. The van der Waals surface area contributed by atoms with Gasteiger partial charge in [0.25, 0.3) is 0 Å². The van der Waals surface area contributed by atoms with E-state index in [2.05, 4.69) is 31.9 Å². The lowest BCUT2D eigenvalue weighted by molar-refractivity contribution is 0.178. The molecule has 2 rings (SSSR count). The summed E-state index contributed by atoms with van der Waals surface area (Å²) in [5, 5.41) is 11.4. The summed E-state index contributed by atoms with van der Waals surface area (Å²) in [6.07, 6.45) is -0.141. The fraction of sp³-hybridized carbons (Fsp3) is 0.167. The van der Waals surface area contributed by atoms with Gasteiger partial charge in [-0.05, 0) is 55.6 Å². The summed E-state index contributed by atoms with van der Waals surface area (Å²) in [5.74, 6) is 0. The molecule has 1 nitrogen and oxygen atoms in total. The average molecular weight is 431 g/mol. The van der Waals surface area contributed by atoms with Crippen molar-refractivity contribution in [3.05, 3.63) is 53.0 Å². The lowest BCUT2D eigenvalue weighted by Gasteiger charge is -2.11. The molecule has 1 aromatic heterocycles. The van der Waals surface area contributed by atoms with Crippen LogP contribution in [0.3, 0.4) is 0 Å². The Morgan fingerprint density at radius 2 is 1.94 bits per heavy atom. The Balaban J connectivity index is 2.21. The number of aliphatic hydroxyl groups excluding tert-OH is 1. The van der Waals surface area contributed by atoms with E-state index in [1.54, 1.807) is 12.1 Å². The van der Waals surface area contributed by atoms with Crippen molar-refractivity contribution in [2.45, 2.75) is 12.5 Å². The second-order valence-corrected chi connectivity index (χ2v) is 8.33. The molecule has 1 unspecified atom stereocenters. The van der Waals surface area contributed by atoms with Crippen LogP contribution in [0.1, 0.15) is 17.2 Å². The van der Waals surface area contributed by atoms with E-state index in [1.165, 1.54) is 11.3 Å². The Hall–Kier alpha value is 0.420. The van der Waals surface area contributed by atoms with Gasteiger partial charge in [0.1, 0.15) is 0 Å². The quantitative estimate of drug-likeness (QED) is 0.647. The molecule has 0 aliphatic carbocycles. The molecule has 0 bridgehead atoms. The monoisotopic (exact) mass is 428 g/mol. The standard InChI is InChI=1S/C12H8Br2Cl2OS/c13-11-5-8(12(14)18-11)10(17)3-6-1-2-7(15)4-9(6)16/h1-2,4-5,10,17H,3H2. The van der Waals surface area contributed by atoms with E-state index in [4.69, 9.17) is 23.2 Å². The number of benzene rings is 1. The van der Waals surface area contributed by atoms with Crippen molar-refractivity contribution in [3.8, 4) is 0 Å². The van der Waals surface area contributed by atoms with Gasteiger partial charge in [-0.15, -0.1) is 11.3 Å². The van der Waals surface area contributed by atoms with Gasteiger partial charge in [0.2, 0.25) is 0 Å². The molecule has 1 aromatic carbocycles. The largest absolute Gasteiger partial charge is 0.388 e. The van der Waals surface area contributed by atoms with Crippen LogP contribution in [0.5, 0.6) is 0 Å². The summed E-state index contributed by atoms with van der Waals surface area (Å²) in [5.41, 5.74) is 1.74. The lowest BCUT2D eigenvalue weighted by atomic mass is 10.0. The number of rotatable bonds is 3. The average Bonchev–Trinajstić information content (AvgIpc) is 2.62. The van der Waals surface area contributed by atoms with Gasteiger partial charge in [0.15, 0.2) is 0 Å². The number of halogens is 4. The molecule has 0 radical (unpaired) electrons. The van der Waals surface area contributed by atoms with Crippen molar-refractivity contribution in [1.29, 1.82) is 0 Å². The summed E-state index contributed by atoms with van der Waals surface area (Å²) in [7, 11) is 0. The van der Waals surface area contributed by atoms with Crippen LogP contribution in [0.2, 0.25) is 10.0 Å². The van der Waals surface area contributed by atoms with Crippen LogP contribution in [0, 0.1) is 0 Å². The molecular weight excluding hydrogens is 423 g/mol. The number of thiophene rings is 1. The Morgan fingerprint density at radius 1 is 1.22 bits per heavy atom. The van der Waals surface area contributed by atoms with Crippen molar-refractivity contribution in [1.82, 2.24) is 0 Å². The fourth-order valence-corrected chi connectivity index (χ4v) is 5.03. The first-order valence-corrected chi connectivity index (χ1v) is 8.20. The number of hydrogen-bond acceptors (Lipinski definition) is 2. The molecular formula is C12H8Br2Cl2OS. The van der Waals surface area contributed by atoms with Gasteiger partial charge in [-0.1, -0.05) is 29.3 Å². The molecule has 1 heterocycles. The zero-order valence-electron chi connectivity index (χ0n) is 8.96. The molecule has 0 spiro atoms. The molecule has 0 aliphatic rings. The number of hydrogen-bond donors (Lipinski definition) is 1. The zero-order valence-corrected chi connectivity index (χ0v) is 14.5. The van der Waals surface area contributed by atoms with Crippen LogP contribution in [0.25, 0.3) is 0 Å². The summed E-state index contributed by atoms with van der Waals surface area (Å²) in [6, 6.07) is 7.20. The molecule has 0 saturated carbocycles. The summed E-state index contributed by atoms with van der Waals surface area (Å²) in [6.45, 7) is 0. The molecule has 96 valence electrons. The third-order valence-corrected chi connectivity index (χ3v) is 5.44. The van der Waals surface area contributed by atoms with Gasteiger partial charge in [-0.3, -0.25) is 0 Å². The molecule has 1 N–H and O–H groups in total. The topological polar surface area (TPSA) is 20.2 Å². The van der Waals surface area contributed by atoms with Gasteiger partial charge in [0.05, 0.1) is 13.7 Å². The minimum atomic E-state index is -0.597. The highest BCUT2D eigenvalue weighted by atomic mass is 79.9. The molecule has 0 aliphatic heterocycles. The molecule has 6 heteroatoms. The lowest BCUT2D eigenvalue weighted by Crippen LogP contribution is -2.01. The Morgan fingerprint density at radius 3 is 2.50 bits per heavy atom. The van der Waals surface area contributed by atoms with Crippen molar-refractivity contribution in [3.63, 3.8) is 0 Å². The molecule has 0 fully saturated rings. The zero-order chi connectivity index (χ0) is 13.3. The van der Waals surface area contributed by atoms with Crippen LogP contribution >= 0.6 is 66.4 Å². The molecule has 0 saturated heterocycles. The van der Waals surface area contributed by atoms with Crippen LogP contribution in [0.15, 0.2) is 31.8 Å². The summed E-state index contributed by atoms with van der Waals surface area (Å²) in [4.78, 5) is 0. The highest BCUT2D eigenvalue weighted by Crippen LogP contribution is 2.37. The first kappa shape index (κ1) is 14.8. The minimum absolute atomic E-state index is 0.456. The van der Waals surface area contributed by atoms with E-state index in [1.807, 2.05) is 12.1 Å². The predicted octanol–water partition coefficient (Wildman–Crippen LogP) is 5.86. The van der Waals surface area contributed by atoms with E-state index in [9.17, 15) is 5.11 Å². The van der Waals surface area contributed by atoms with Gasteiger partial charge < -0.3 is 5.11 Å². The second-order valence-electron chi connectivity index (χ2n) is 3.74. The summed E-state index contributed by atoms with van der Waals surface area (Å²) < 4.78 is 1.90. The first-order chi connectivity index (χ1) is 8.47. The van der Waals surface area contributed by atoms with Crippen LogP contribution < -0.4 is 0 Å². The SMILES string of the molecule is OC(Cc1ccc(Cl)cc1Cl)c1cc(Br)sc1Br. The Kier molecular flexibility index (Phi) is 5.14. The number of aliphatic hydroxyl groups is 1. The van der Waals surface area contributed by atoms with Crippen molar-refractivity contribution < 1.29 is 5.11 Å². The Labute approximate surface area is 136 Å². The maximum atomic E-state index is 10.2. The summed E-state index contributed by atoms with van der Waals surface area (Å²) >= 11 is 20.3. The molecule has 2 aromatic rings. The van der Waals surface area contributed by atoms with Gasteiger partial charge in [0, 0.05) is 22.0 Å². The van der Waals surface area contributed by atoms with Gasteiger partial charge in [-0.2, -0.15) is 0 Å². The van der Waals surface area contributed by atoms with Gasteiger partial charge in [-0.25, -0.2) is 0 Å². The van der Waals surface area contributed by atoms with E-state index >= 15 is 0 Å². The maximum absolute atomic E-state index is 10.2. The Bertz CT molecular complexity index is 571. The van der Waals surface area contributed by atoms with Crippen molar-refractivity contribution in [2.24, 2.45) is 0 Å². The normalized spacial score (nSPS) is 12.7. The predicted molar refractivity (Wildman–Crippen MR) is 84.8 cm³/mol. The maximum Gasteiger partial charge on any atom is 0.0850 e. The van der Waals surface area contributed by atoms with Crippen LogP contribution in [-0.4, -0.2) is 5.11 Å². The molecule has 0 amide bonds. The van der Waals surface area contributed by atoms with E-state index in [0.717, 1.165) is 18.7 Å². The van der Waals surface area contributed by atoms with Gasteiger partial charge >= 0.3 is 0 Å².